The van der Waals surface area contributed by atoms with Crippen molar-refractivity contribution in [2.75, 3.05) is 18.4 Å². The third-order valence-corrected chi connectivity index (χ3v) is 3.30. The van der Waals surface area contributed by atoms with Gasteiger partial charge in [0.2, 0.25) is 5.91 Å². The summed E-state index contributed by atoms with van der Waals surface area (Å²) < 4.78 is 39.7. The van der Waals surface area contributed by atoms with Gasteiger partial charge in [-0.05, 0) is 12.8 Å². The van der Waals surface area contributed by atoms with Crippen LogP contribution in [-0.2, 0) is 4.79 Å². The van der Waals surface area contributed by atoms with Crippen molar-refractivity contribution in [1.82, 2.24) is 4.90 Å². The molecule has 0 atom stereocenters. The number of nitrogens with one attached hydrogen (secondary N) is 1. The zero-order chi connectivity index (χ0) is 14.0. The maximum Gasteiger partial charge on any atom is 0.219 e. The summed E-state index contributed by atoms with van der Waals surface area (Å²) >= 11 is 0. The van der Waals surface area contributed by atoms with Gasteiger partial charge in [0.05, 0.1) is 0 Å². The summed E-state index contributed by atoms with van der Waals surface area (Å²) in [6.45, 7) is 2.60. The molecule has 1 saturated heterocycles. The molecule has 0 aromatic heterocycles. The Morgan fingerprint density at radius 3 is 2.21 bits per heavy atom. The van der Waals surface area contributed by atoms with Crippen molar-refractivity contribution >= 4 is 11.6 Å². The zero-order valence-electron chi connectivity index (χ0n) is 10.5. The highest BCUT2D eigenvalue weighted by molar-refractivity contribution is 5.73. The summed E-state index contributed by atoms with van der Waals surface area (Å²) in [5.74, 6) is -2.82. The third kappa shape index (κ3) is 3.19. The lowest BCUT2D eigenvalue weighted by Gasteiger charge is -2.32. The van der Waals surface area contributed by atoms with Crippen molar-refractivity contribution in [3.63, 3.8) is 0 Å². The predicted molar refractivity (Wildman–Crippen MR) is 65.2 cm³/mol. The monoisotopic (exact) mass is 272 g/mol. The van der Waals surface area contributed by atoms with Gasteiger partial charge in [0, 0.05) is 38.2 Å². The van der Waals surface area contributed by atoms with Crippen LogP contribution in [-0.4, -0.2) is 29.9 Å². The second-order valence-electron chi connectivity index (χ2n) is 4.67. The molecule has 2 rings (SSSR count). The van der Waals surface area contributed by atoms with Gasteiger partial charge in [0.25, 0.3) is 0 Å². The molecule has 1 amide bonds. The van der Waals surface area contributed by atoms with E-state index in [0.717, 1.165) is 0 Å². The molecular weight excluding hydrogens is 257 g/mol. The first-order valence-electron chi connectivity index (χ1n) is 6.14. The molecule has 1 aliphatic rings. The molecule has 0 radical (unpaired) electrons. The fourth-order valence-corrected chi connectivity index (χ4v) is 2.22. The van der Waals surface area contributed by atoms with Gasteiger partial charge >= 0.3 is 0 Å². The molecule has 19 heavy (non-hydrogen) atoms. The Balaban J connectivity index is 2.02. The number of hydrogen-bond acceptors (Lipinski definition) is 2. The minimum Gasteiger partial charge on any atom is -0.377 e. The van der Waals surface area contributed by atoms with Gasteiger partial charge in [0.15, 0.2) is 11.6 Å². The number of carbonyl (C=O) groups is 1. The number of benzene rings is 1. The first-order valence-corrected chi connectivity index (χ1v) is 6.14. The molecule has 0 bridgehead atoms. The number of halogens is 3. The number of rotatable bonds is 2. The van der Waals surface area contributed by atoms with E-state index >= 15 is 0 Å². The predicted octanol–water partition coefficient (Wildman–Crippen LogP) is 2.53. The number of piperidine rings is 1. The van der Waals surface area contributed by atoms with E-state index in [9.17, 15) is 18.0 Å². The number of carbonyl (C=O) groups excluding carboxylic acids is 1. The Morgan fingerprint density at radius 1 is 1.21 bits per heavy atom. The first kappa shape index (κ1) is 13.7. The van der Waals surface area contributed by atoms with E-state index in [1.807, 2.05) is 0 Å². The lowest BCUT2D eigenvalue weighted by atomic mass is 10.0. The van der Waals surface area contributed by atoms with Crippen LogP contribution in [0.4, 0.5) is 18.9 Å². The number of nitrogens with zero attached hydrogens (tertiary/aromatic N) is 1. The summed E-state index contributed by atoms with van der Waals surface area (Å²) in [5, 5.41) is 2.75. The highest BCUT2D eigenvalue weighted by Crippen LogP contribution is 2.23. The molecule has 0 saturated carbocycles. The minimum atomic E-state index is -0.938. The average molecular weight is 272 g/mol. The maximum atomic E-state index is 13.5. The van der Waals surface area contributed by atoms with E-state index in [1.54, 1.807) is 4.90 Å². The van der Waals surface area contributed by atoms with Crippen LogP contribution in [0, 0.1) is 17.5 Å². The fraction of sp³-hybridized carbons (Fsp3) is 0.462. The molecule has 0 aliphatic carbocycles. The number of anilines is 1. The first-order chi connectivity index (χ1) is 8.97. The molecule has 1 aromatic carbocycles. The van der Waals surface area contributed by atoms with Gasteiger partial charge in [-0.1, -0.05) is 0 Å². The fourth-order valence-electron chi connectivity index (χ4n) is 2.22. The van der Waals surface area contributed by atoms with Crippen LogP contribution in [0.5, 0.6) is 0 Å². The maximum absolute atomic E-state index is 13.5. The highest BCUT2D eigenvalue weighted by Gasteiger charge is 2.22. The van der Waals surface area contributed by atoms with Gasteiger partial charge < -0.3 is 10.2 Å². The Bertz CT molecular complexity index is 462. The van der Waals surface area contributed by atoms with Crippen LogP contribution in [0.15, 0.2) is 12.1 Å². The molecular formula is C13H15F3N2O. The zero-order valence-corrected chi connectivity index (χ0v) is 10.5. The average Bonchev–Trinajstić information content (AvgIpc) is 2.34. The number of likely N-dealkylation sites (tertiary alicyclic amines) is 1. The summed E-state index contributed by atoms with van der Waals surface area (Å²) in [7, 11) is 0. The Kier molecular flexibility index (Phi) is 3.97. The van der Waals surface area contributed by atoms with E-state index in [-0.39, 0.29) is 17.6 Å². The summed E-state index contributed by atoms with van der Waals surface area (Å²) in [6, 6.07) is 1.18. The van der Waals surface area contributed by atoms with Crippen molar-refractivity contribution in [2.45, 2.75) is 25.8 Å². The van der Waals surface area contributed by atoms with Gasteiger partial charge in [0.1, 0.15) is 11.5 Å². The Hall–Kier alpha value is -1.72. The second-order valence-corrected chi connectivity index (χ2v) is 4.67. The van der Waals surface area contributed by atoms with E-state index in [1.165, 1.54) is 6.92 Å². The number of amides is 1. The van der Waals surface area contributed by atoms with Crippen molar-refractivity contribution in [3.05, 3.63) is 29.6 Å². The summed E-state index contributed by atoms with van der Waals surface area (Å²) in [5.41, 5.74) is -0.303. The van der Waals surface area contributed by atoms with E-state index < -0.39 is 17.5 Å². The van der Waals surface area contributed by atoms with Gasteiger partial charge in [-0.2, -0.15) is 0 Å². The Morgan fingerprint density at radius 2 is 1.74 bits per heavy atom. The second kappa shape index (κ2) is 5.50. The summed E-state index contributed by atoms with van der Waals surface area (Å²) in [4.78, 5) is 12.8. The van der Waals surface area contributed by atoms with Gasteiger partial charge in [-0.3, -0.25) is 4.79 Å². The van der Waals surface area contributed by atoms with E-state index in [0.29, 0.717) is 38.1 Å². The van der Waals surface area contributed by atoms with Crippen LogP contribution in [0.25, 0.3) is 0 Å². The molecule has 1 aromatic rings. The molecule has 1 N–H and O–H groups in total. The Labute approximate surface area is 109 Å². The number of hydrogen-bond donors (Lipinski definition) is 1. The van der Waals surface area contributed by atoms with Gasteiger partial charge in [-0.25, -0.2) is 13.2 Å². The van der Waals surface area contributed by atoms with Crippen molar-refractivity contribution in [3.8, 4) is 0 Å². The SMILES string of the molecule is CC(=O)N1CCC(Nc2c(F)cc(F)cc2F)CC1. The smallest absolute Gasteiger partial charge is 0.219 e. The van der Waals surface area contributed by atoms with Crippen molar-refractivity contribution in [1.29, 1.82) is 0 Å². The third-order valence-electron chi connectivity index (χ3n) is 3.30. The largest absolute Gasteiger partial charge is 0.377 e. The van der Waals surface area contributed by atoms with E-state index in [2.05, 4.69) is 5.32 Å². The lowest BCUT2D eigenvalue weighted by Crippen LogP contribution is -2.41. The van der Waals surface area contributed by atoms with Crippen LogP contribution in [0.3, 0.4) is 0 Å². The summed E-state index contributed by atoms with van der Waals surface area (Å²) in [6.07, 6.45) is 1.21. The van der Waals surface area contributed by atoms with Crippen LogP contribution >= 0.6 is 0 Å². The molecule has 1 aliphatic heterocycles. The van der Waals surface area contributed by atoms with E-state index in [4.69, 9.17) is 0 Å². The highest BCUT2D eigenvalue weighted by atomic mass is 19.1. The normalized spacial score (nSPS) is 16.5. The van der Waals surface area contributed by atoms with Crippen LogP contribution in [0.2, 0.25) is 0 Å². The lowest BCUT2D eigenvalue weighted by molar-refractivity contribution is -0.129. The quantitative estimate of drug-likeness (QED) is 0.897. The molecule has 0 spiro atoms. The molecule has 1 fully saturated rings. The molecule has 1 heterocycles. The van der Waals surface area contributed by atoms with Crippen LogP contribution < -0.4 is 5.32 Å². The minimum absolute atomic E-state index is 0.00223. The van der Waals surface area contributed by atoms with Gasteiger partial charge in [-0.15, -0.1) is 0 Å². The van der Waals surface area contributed by atoms with Crippen molar-refractivity contribution in [2.24, 2.45) is 0 Å². The standard InChI is InChI=1S/C13H15F3N2O/c1-8(19)18-4-2-10(3-5-18)17-13-11(15)6-9(14)7-12(13)16/h6-7,10,17H,2-5H2,1H3. The molecule has 0 unspecified atom stereocenters. The van der Waals surface area contributed by atoms with Crippen molar-refractivity contribution < 1.29 is 18.0 Å². The molecule has 104 valence electrons. The topological polar surface area (TPSA) is 32.3 Å². The molecule has 6 heteroatoms. The van der Waals surface area contributed by atoms with Crippen LogP contribution in [0.1, 0.15) is 19.8 Å². The molecule has 3 nitrogen and oxygen atoms in total.